The molecule has 1 rings (SSSR count). The van der Waals surface area contributed by atoms with Crippen LogP contribution in [0.2, 0.25) is 0 Å². The number of H-pyrrole nitrogens is 1. The first kappa shape index (κ1) is 12.2. The molecule has 86 valence electrons. The molecule has 1 atom stereocenters. The van der Waals surface area contributed by atoms with Gasteiger partial charge in [-0.3, -0.25) is 0 Å². The number of hydrogen-bond donors (Lipinski definition) is 2. The van der Waals surface area contributed by atoms with Gasteiger partial charge in [-0.15, -0.1) is 0 Å². The van der Waals surface area contributed by atoms with Crippen molar-refractivity contribution >= 4 is 0 Å². The summed E-state index contributed by atoms with van der Waals surface area (Å²) in [4.78, 5) is 7.32. The summed E-state index contributed by atoms with van der Waals surface area (Å²) < 4.78 is 5.17. The molecule has 2 N–H and O–H groups in total. The van der Waals surface area contributed by atoms with Gasteiger partial charge in [-0.2, -0.15) is 0 Å². The van der Waals surface area contributed by atoms with E-state index in [2.05, 4.69) is 22.2 Å². The van der Waals surface area contributed by atoms with Gasteiger partial charge in [0.05, 0.1) is 18.6 Å². The summed E-state index contributed by atoms with van der Waals surface area (Å²) in [6.07, 6.45) is 4.04. The zero-order valence-corrected chi connectivity index (χ0v) is 9.84. The van der Waals surface area contributed by atoms with Crippen LogP contribution in [-0.2, 0) is 11.3 Å². The lowest BCUT2D eigenvalue weighted by atomic mass is 10.2. The molecule has 1 aromatic heterocycles. The summed E-state index contributed by atoms with van der Waals surface area (Å²) in [5.74, 6) is 0. The second-order valence-corrected chi connectivity index (χ2v) is 3.80. The zero-order valence-electron chi connectivity index (χ0n) is 9.84. The van der Waals surface area contributed by atoms with Gasteiger partial charge < -0.3 is 15.0 Å². The zero-order chi connectivity index (χ0) is 11.1. The lowest BCUT2D eigenvalue weighted by Gasteiger charge is -2.16. The van der Waals surface area contributed by atoms with Crippen molar-refractivity contribution in [2.75, 3.05) is 13.7 Å². The first-order valence-electron chi connectivity index (χ1n) is 5.49. The monoisotopic (exact) mass is 211 g/mol. The Morgan fingerprint density at radius 1 is 1.60 bits per heavy atom. The average molecular weight is 211 g/mol. The number of aromatic amines is 1. The summed E-state index contributed by atoms with van der Waals surface area (Å²) in [5, 5.41) is 3.46. The number of rotatable bonds is 7. The minimum absolute atomic E-state index is 0.427. The third kappa shape index (κ3) is 4.01. The van der Waals surface area contributed by atoms with E-state index in [1.165, 1.54) is 6.42 Å². The highest BCUT2D eigenvalue weighted by Gasteiger charge is 2.08. The van der Waals surface area contributed by atoms with Crippen LogP contribution in [0.15, 0.2) is 6.33 Å². The van der Waals surface area contributed by atoms with Crippen molar-refractivity contribution in [1.82, 2.24) is 15.3 Å². The summed E-state index contributed by atoms with van der Waals surface area (Å²) in [5.41, 5.74) is 2.22. The van der Waals surface area contributed by atoms with Gasteiger partial charge in [0.1, 0.15) is 0 Å². The first-order valence-corrected chi connectivity index (χ1v) is 5.49. The second kappa shape index (κ2) is 6.58. The molecule has 0 saturated heterocycles. The predicted octanol–water partition coefficient (Wildman–Crippen LogP) is 1.62. The van der Waals surface area contributed by atoms with Crippen LogP contribution in [0.25, 0.3) is 0 Å². The maximum Gasteiger partial charge on any atom is 0.0925 e. The fourth-order valence-corrected chi connectivity index (χ4v) is 1.60. The van der Waals surface area contributed by atoms with Crippen molar-refractivity contribution in [3.8, 4) is 0 Å². The fraction of sp³-hybridized carbons (Fsp3) is 0.727. The van der Waals surface area contributed by atoms with Crippen LogP contribution in [0.3, 0.4) is 0 Å². The quantitative estimate of drug-likeness (QED) is 0.720. The Kier molecular flexibility index (Phi) is 5.36. The molecule has 15 heavy (non-hydrogen) atoms. The largest absolute Gasteiger partial charge is 0.383 e. The molecule has 4 heteroatoms. The van der Waals surface area contributed by atoms with E-state index in [0.717, 1.165) is 31.0 Å². The standard InChI is InChI=1S/C11H21N3O/c1-4-5-10(7-15-3)12-6-11-9(2)13-8-14-11/h8,10,12H,4-7H2,1-3H3,(H,13,14). The van der Waals surface area contributed by atoms with Crippen molar-refractivity contribution in [1.29, 1.82) is 0 Å². The topological polar surface area (TPSA) is 49.9 Å². The number of ether oxygens (including phenoxy) is 1. The Bertz CT molecular complexity index is 267. The first-order chi connectivity index (χ1) is 7.27. The van der Waals surface area contributed by atoms with Gasteiger partial charge in [-0.05, 0) is 13.3 Å². The van der Waals surface area contributed by atoms with Gasteiger partial charge >= 0.3 is 0 Å². The molecule has 0 amide bonds. The molecule has 0 aromatic carbocycles. The molecule has 0 aliphatic carbocycles. The number of nitrogens with zero attached hydrogens (tertiary/aromatic N) is 1. The Balaban J connectivity index is 2.36. The lowest BCUT2D eigenvalue weighted by molar-refractivity contribution is 0.161. The van der Waals surface area contributed by atoms with Crippen molar-refractivity contribution in [3.63, 3.8) is 0 Å². The van der Waals surface area contributed by atoms with Gasteiger partial charge in [0, 0.05) is 25.4 Å². The van der Waals surface area contributed by atoms with Gasteiger partial charge in [-0.25, -0.2) is 4.98 Å². The number of aryl methyl sites for hydroxylation is 1. The SMILES string of the molecule is CCCC(COC)NCc1nc[nH]c1C. The van der Waals surface area contributed by atoms with Gasteiger partial charge in [0.15, 0.2) is 0 Å². The molecule has 0 spiro atoms. The normalized spacial score (nSPS) is 13.0. The Labute approximate surface area is 91.4 Å². The van der Waals surface area contributed by atoms with Gasteiger partial charge in [0.25, 0.3) is 0 Å². The van der Waals surface area contributed by atoms with Crippen LogP contribution < -0.4 is 5.32 Å². The van der Waals surface area contributed by atoms with E-state index in [1.807, 2.05) is 6.92 Å². The third-order valence-electron chi connectivity index (χ3n) is 2.50. The molecule has 0 aliphatic heterocycles. The van der Waals surface area contributed by atoms with E-state index >= 15 is 0 Å². The van der Waals surface area contributed by atoms with E-state index in [-0.39, 0.29) is 0 Å². The van der Waals surface area contributed by atoms with E-state index < -0.39 is 0 Å². The van der Waals surface area contributed by atoms with Crippen molar-refractivity contribution < 1.29 is 4.74 Å². The Hall–Kier alpha value is -0.870. The van der Waals surface area contributed by atoms with Crippen LogP contribution in [-0.4, -0.2) is 29.7 Å². The molecular weight excluding hydrogens is 190 g/mol. The molecule has 1 unspecified atom stereocenters. The molecule has 0 aliphatic rings. The highest BCUT2D eigenvalue weighted by atomic mass is 16.5. The highest BCUT2D eigenvalue weighted by Crippen LogP contribution is 2.02. The number of aromatic nitrogens is 2. The predicted molar refractivity (Wildman–Crippen MR) is 60.7 cm³/mol. The molecule has 4 nitrogen and oxygen atoms in total. The van der Waals surface area contributed by atoms with E-state index in [0.29, 0.717) is 6.04 Å². The minimum atomic E-state index is 0.427. The lowest BCUT2D eigenvalue weighted by Crippen LogP contribution is -2.32. The minimum Gasteiger partial charge on any atom is -0.383 e. The van der Waals surface area contributed by atoms with Crippen molar-refractivity contribution in [2.24, 2.45) is 0 Å². The Morgan fingerprint density at radius 3 is 2.93 bits per heavy atom. The highest BCUT2D eigenvalue weighted by molar-refractivity contribution is 5.08. The van der Waals surface area contributed by atoms with E-state index in [1.54, 1.807) is 13.4 Å². The molecule has 1 heterocycles. The van der Waals surface area contributed by atoms with Crippen LogP contribution >= 0.6 is 0 Å². The van der Waals surface area contributed by atoms with Crippen LogP contribution in [0.5, 0.6) is 0 Å². The smallest absolute Gasteiger partial charge is 0.0925 e. The summed E-state index contributed by atoms with van der Waals surface area (Å²) in [6, 6.07) is 0.427. The van der Waals surface area contributed by atoms with Crippen molar-refractivity contribution in [3.05, 3.63) is 17.7 Å². The number of methoxy groups -OCH3 is 1. The summed E-state index contributed by atoms with van der Waals surface area (Å²) in [7, 11) is 1.74. The number of hydrogen-bond acceptors (Lipinski definition) is 3. The fourth-order valence-electron chi connectivity index (χ4n) is 1.60. The molecule has 1 aromatic rings. The molecule has 0 saturated carbocycles. The second-order valence-electron chi connectivity index (χ2n) is 3.80. The Morgan fingerprint density at radius 2 is 2.40 bits per heavy atom. The number of imidazole rings is 1. The average Bonchev–Trinajstić information content (AvgIpc) is 2.61. The molecule has 0 radical (unpaired) electrons. The van der Waals surface area contributed by atoms with E-state index in [4.69, 9.17) is 4.74 Å². The summed E-state index contributed by atoms with van der Waals surface area (Å²) in [6.45, 7) is 5.79. The third-order valence-corrected chi connectivity index (χ3v) is 2.50. The molecule has 0 bridgehead atoms. The van der Waals surface area contributed by atoms with Crippen LogP contribution in [0, 0.1) is 6.92 Å². The summed E-state index contributed by atoms with van der Waals surface area (Å²) >= 11 is 0. The van der Waals surface area contributed by atoms with Gasteiger partial charge in [0.2, 0.25) is 0 Å². The number of nitrogens with one attached hydrogen (secondary N) is 2. The molecule has 0 fully saturated rings. The van der Waals surface area contributed by atoms with Crippen molar-refractivity contribution in [2.45, 2.75) is 39.3 Å². The van der Waals surface area contributed by atoms with Gasteiger partial charge in [-0.1, -0.05) is 13.3 Å². The van der Waals surface area contributed by atoms with E-state index in [9.17, 15) is 0 Å². The van der Waals surface area contributed by atoms with Crippen LogP contribution in [0.1, 0.15) is 31.2 Å². The maximum atomic E-state index is 5.17. The maximum absolute atomic E-state index is 5.17. The molecular formula is C11H21N3O. The van der Waals surface area contributed by atoms with Crippen LogP contribution in [0.4, 0.5) is 0 Å².